The Balaban J connectivity index is 6.41. The third kappa shape index (κ3) is 52.1. The summed E-state index contributed by atoms with van der Waals surface area (Å²) >= 11 is 0. The first-order chi connectivity index (χ1) is 38.9. The van der Waals surface area contributed by atoms with Crippen molar-refractivity contribution in [3.8, 4) is 0 Å². The van der Waals surface area contributed by atoms with E-state index in [9.17, 15) is 19.2 Å². The molecule has 11 heteroatoms. The number of esters is 4. The fourth-order valence-electron chi connectivity index (χ4n) is 10.4. The second kappa shape index (κ2) is 58.0. The summed E-state index contributed by atoms with van der Waals surface area (Å²) in [6, 6.07) is -0.816. The summed E-state index contributed by atoms with van der Waals surface area (Å²) in [5, 5.41) is 0. The van der Waals surface area contributed by atoms with Crippen LogP contribution in [-0.4, -0.2) is 124 Å². The predicted molar refractivity (Wildman–Crippen MR) is 338 cm³/mol. The van der Waals surface area contributed by atoms with Gasteiger partial charge in [0.05, 0.1) is 0 Å². The molecule has 0 aliphatic carbocycles. The molecule has 0 saturated carbocycles. The van der Waals surface area contributed by atoms with Crippen LogP contribution in [-0.2, 0) is 38.1 Å². The van der Waals surface area contributed by atoms with Gasteiger partial charge in [0.15, 0.2) is 0 Å². The van der Waals surface area contributed by atoms with Crippen molar-refractivity contribution < 1.29 is 38.1 Å². The molecule has 3 unspecified atom stereocenters. The second-order valence-corrected chi connectivity index (χ2v) is 24.2. The van der Waals surface area contributed by atoms with Gasteiger partial charge in [0.25, 0.3) is 0 Å². The average Bonchev–Trinajstić information content (AvgIpc) is 3.42. The molecular weight excluding hydrogens is 999 g/mol. The number of likely N-dealkylation sites (N-methyl/N-ethyl adjacent to an activating group) is 1. The zero-order valence-electron chi connectivity index (χ0n) is 54.2. The van der Waals surface area contributed by atoms with Crippen LogP contribution in [0.4, 0.5) is 0 Å². The number of hydrogen-bond acceptors (Lipinski definition) is 11. The Morgan fingerprint density at radius 2 is 0.700 bits per heavy atom. The van der Waals surface area contributed by atoms with Gasteiger partial charge in [0.1, 0.15) is 31.0 Å². The summed E-state index contributed by atoms with van der Waals surface area (Å²) in [6.07, 6.45) is 54.4. The summed E-state index contributed by atoms with van der Waals surface area (Å²) in [5.74, 6) is -1.42. The molecule has 0 heterocycles. The van der Waals surface area contributed by atoms with Crippen LogP contribution in [0.1, 0.15) is 310 Å². The molecular formula is C69H131N3O8. The van der Waals surface area contributed by atoms with Gasteiger partial charge >= 0.3 is 23.9 Å². The van der Waals surface area contributed by atoms with Crippen molar-refractivity contribution in [3.05, 3.63) is 24.3 Å². The molecule has 0 radical (unpaired) electrons. The summed E-state index contributed by atoms with van der Waals surface area (Å²) in [4.78, 5) is 61.0. The van der Waals surface area contributed by atoms with Crippen LogP contribution in [0.15, 0.2) is 24.3 Å². The Kier molecular flexibility index (Phi) is 56.0. The van der Waals surface area contributed by atoms with Crippen molar-refractivity contribution in [2.45, 2.75) is 335 Å². The highest BCUT2D eigenvalue weighted by Crippen LogP contribution is 2.22. The lowest BCUT2D eigenvalue weighted by atomic mass is 10.0. The molecule has 470 valence electrons. The van der Waals surface area contributed by atoms with Crippen molar-refractivity contribution in [1.29, 1.82) is 0 Å². The fraction of sp³-hybridized carbons (Fsp3) is 0.884. The Labute approximate surface area is 495 Å². The van der Waals surface area contributed by atoms with E-state index in [1.54, 1.807) is 0 Å². The zero-order valence-corrected chi connectivity index (χ0v) is 54.2. The summed E-state index contributed by atoms with van der Waals surface area (Å²) in [6.45, 7) is 10.5. The van der Waals surface area contributed by atoms with Gasteiger partial charge in [-0.1, -0.05) is 219 Å². The van der Waals surface area contributed by atoms with E-state index in [0.717, 1.165) is 90.1 Å². The van der Waals surface area contributed by atoms with E-state index in [4.69, 9.17) is 18.9 Å². The maximum Gasteiger partial charge on any atom is 0.323 e. The molecule has 80 heavy (non-hydrogen) atoms. The minimum absolute atomic E-state index is 0.0473. The summed E-state index contributed by atoms with van der Waals surface area (Å²) in [5.41, 5.74) is 0. The normalized spacial score (nSPS) is 13.4. The van der Waals surface area contributed by atoms with Gasteiger partial charge in [0, 0.05) is 25.8 Å². The molecule has 0 aromatic heterocycles. The molecule has 0 amide bonds. The molecule has 0 aromatic rings. The maximum absolute atomic E-state index is 14.8. The minimum atomic E-state index is -0.823. The highest BCUT2D eigenvalue weighted by atomic mass is 16.6. The number of unbranched alkanes of at least 4 members (excludes halogenated alkanes) is 28. The number of carbonyl (C=O) groups is 4. The fourth-order valence-corrected chi connectivity index (χ4v) is 10.4. The molecule has 0 N–H and O–H groups in total. The SMILES string of the molecule is CCCCC/C=C\CCC(CCCCCCCCCCCCCC)OC(=O)CC[C@@H](C(=O)OC(CC/C=C\CCCCC)CCCCCCCCCCCCCC)N(C)CC(COC(=O)CCCN(C)C)OC(=O)CCCN(C)C. The monoisotopic (exact) mass is 1130 g/mol. The standard InChI is InChI=1S/C69H131N3O8/c1-10-14-18-22-26-28-30-32-34-38-42-45-51-62(50-44-40-36-24-20-16-12-3)78-68(75)57-56-65(72(9)60-64(79-67(74)55-49-59-71(7)8)61-77-66(73)54-48-58-70(5)6)69(76)80-63(52-46-41-37-25-21-17-13-4)53-47-43-39-35-33-31-29-27-23-19-15-11-2/h36-37,40-41,62-65H,10-35,38-39,42-61H2,1-9H3/b40-36-,41-37-/t62?,63?,64?,65-/m0/s1. The minimum Gasteiger partial charge on any atom is -0.462 e. The van der Waals surface area contributed by atoms with E-state index in [1.165, 1.54) is 167 Å². The lowest BCUT2D eigenvalue weighted by Crippen LogP contribution is -2.46. The largest absolute Gasteiger partial charge is 0.462 e. The van der Waals surface area contributed by atoms with Crippen LogP contribution in [0.25, 0.3) is 0 Å². The van der Waals surface area contributed by atoms with Crippen LogP contribution in [0, 0.1) is 0 Å². The quantitative estimate of drug-likeness (QED) is 0.0251. The lowest BCUT2D eigenvalue weighted by molar-refractivity contribution is -0.163. The highest BCUT2D eigenvalue weighted by molar-refractivity contribution is 5.77. The molecule has 0 bridgehead atoms. The Morgan fingerprint density at radius 3 is 1.12 bits per heavy atom. The first-order valence-corrected chi connectivity index (χ1v) is 33.9. The van der Waals surface area contributed by atoms with Gasteiger partial charge in [-0.3, -0.25) is 24.1 Å². The summed E-state index contributed by atoms with van der Waals surface area (Å²) < 4.78 is 24.7. The molecule has 0 aromatic carbocycles. The third-order valence-corrected chi connectivity index (χ3v) is 15.6. The van der Waals surface area contributed by atoms with E-state index < -0.39 is 12.1 Å². The van der Waals surface area contributed by atoms with E-state index in [2.05, 4.69) is 52.0 Å². The average molecular weight is 1130 g/mol. The number of carbonyl (C=O) groups excluding carboxylic acids is 4. The van der Waals surface area contributed by atoms with Crippen LogP contribution in [0.5, 0.6) is 0 Å². The van der Waals surface area contributed by atoms with Gasteiger partial charge in [-0.15, -0.1) is 0 Å². The molecule has 0 saturated heterocycles. The molecule has 4 atom stereocenters. The van der Waals surface area contributed by atoms with Gasteiger partial charge in [0.2, 0.25) is 0 Å². The summed E-state index contributed by atoms with van der Waals surface area (Å²) in [7, 11) is 9.70. The van der Waals surface area contributed by atoms with Gasteiger partial charge in [-0.25, -0.2) is 0 Å². The molecule has 0 rings (SSSR count). The number of rotatable bonds is 60. The first kappa shape index (κ1) is 77.2. The second-order valence-electron chi connectivity index (χ2n) is 24.2. The van der Waals surface area contributed by atoms with Crippen molar-refractivity contribution in [2.24, 2.45) is 0 Å². The predicted octanol–water partition coefficient (Wildman–Crippen LogP) is 18.0. The van der Waals surface area contributed by atoms with E-state index in [0.29, 0.717) is 12.8 Å². The first-order valence-electron chi connectivity index (χ1n) is 33.9. The molecule has 0 aliphatic rings. The topological polar surface area (TPSA) is 115 Å². The highest BCUT2D eigenvalue weighted by Gasteiger charge is 2.31. The van der Waals surface area contributed by atoms with Crippen LogP contribution in [0.3, 0.4) is 0 Å². The Morgan fingerprint density at radius 1 is 0.350 bits per heavy atom. The lowest BCUT2D eigenvalue weighted by Gasteiger charge is -2.31. The van der Waals surface area contributed by atoms with Crippen molar-refractivity contribution in [2.75, 3.05) is 61.5 Å². The maximum atomic E-state index is 14.8. The molecule has 0 spiro atoms. The van der Waals surface area contributed by atoms with Crippen LogP contribution < -0.4 is 0 Å². The van der Waals surface area contributed by atoms with E-state index >= 15 is 0 Å². The van der Waals surface area contributed by atoms with Gasteiger partial charge < -0.3 is 28.7 Å². The molecule has 0 fully saturated rings. The van der Waals surface area contributed by atoms with Gasteiger partial charge in [-0.05, 0) is 145 Å². The van der Waals surface area contributed by atoms with Crippen LogP contribution in [0.2, 0.25) is 0 Å². The zero-order chi connectivity index (χ0) is 58.9. The number of hydrogen-bond donors (Lipinski definition) is 0. The third-order valence-electron chi connectivity index (χ3n) is 15.6. The van der Waals surface area contributed by atoms with Crippen molar-refractivity contribution in [1.82, 2.24) is 14.7 Å². The number of allylic oxidation sites excluding steroid dienone is 4. The van der Waals surface area contributed by atoms with Crippen LogP contribution >= 0.6 is 0 Å². The number of ether oxygens (including phenoxy) is 4. The van der Waals surface area contributed by atoms with E-state index in [1.807, 2.05) is 49.9 Å². The molecule has 11 nitrogen and oxygen atoms in total. The van der Waals surface area contributed by atoms with Crippen molar-refractivity contribution in [3.63, 3.8) is 0 Å². The Bertz CT molecular complexity index is 1470. The Hall–Kier alpha value is -2.76. The smallest absolute Gasteiger partial charge is 0.323 e. The van der Waals surface area contributed by atoms with Crippen molar-refractivity contribution >= 4 is 23.9 Å². The van der Waals surface area contributed by atoms with E-state index in [-0.39, 0.29) is 74.9 Å². The van der Waals surface area contributed by atoms with Gasteiger partial charge in [-0.2, -0.15) is 0 Å². The molecule has 0 aliphatic heterocycles. The number of nitrogens with zero attached hydrogens (tertiary/aromatic N) is 3.